The molecule has 2 rings (SSSR count). The van der Waals surface area contributed by atoms with Gasteiger partial charge in [0.05, 0.1) is 0 Å². The minimum absolute atomic E-state index is 0.629. The van der Waals surface area contributed by atoms with E-state index in [-0.39, 0.29) is 0 Å². The quantitative estimate of drug-likeness (QED) is 0.831. The van der Waals surface area contributed by atoms with E-state index in [0.717, 1.165) is 13.1 Å². The molecular weight excluding hydrogens is 198 g/mol. The Morgan fingerprint density at radius 1 is 1.06 bits per heavy atom. The molecule has 0 aromatic heterocycles. The maximum Gasteiger partial charge on any atom is 0.0367 e. The molecule has 1 aromatic rings. The summed E-state index contributed by atoms with van der Waals surface area (Å²) in [5, 5.41) is 0. The average molecular weight is 219 g/mol. The number of piperazine rings is 1. The lowest BCUT2D eigenvalue weighted by Crippen LogP contribution is -2.46. The van der Waals surface area contributed by atoms with Crippen molar-refractivity contribution in [2.75, 3.05) is 37.6 Å². The summed E-state index contributed by atoms with van der Waals surface area (Å²) in [6.07, 6.45) is 0. The van der Waals surface area contributed by atoms with Gasteiger partial charge in [0.15, 0.2) is 0 Å². The normalized spacial score (nSPS) is 17.8. The standard InChI is InChI=1S/C13H21N3/c1-2-15-7-9-16(10-8-15)13-5-3-12(11-14)4-6-13/h3-6H,2,7-11,14H2,1H3. The molecular formula is C13H21N3. The van der Waals surface area contributed by atoms with Gasteiger partial charge in [-0.15, -0.1) is 0 Å². The first kappa shape index (κ1) is 11.4. The number of anilines is 1. The molecule has 1 fully saturated rings. The van der Waals surface area contributed by atoms with Crippen LogP contribution in [0.3, 0.4) is 0 Å². The van der Waals surface area contributed by atoms with E-state index >= 15 is 0 Å². The van der Waals surface area contributed by atoms with E-state index in [1.165, 1.54) is 30.9 Å². The molecule has 88 valence electrons. The molecule has 0 saturated carbocycles. The molecule has 0 unspecified atom stereocenters. The highest BCUT2D eigenvalue weighted by molar-refractivity contribution is 5.48. The second-order valence-corrected chi connectivity index (χ2v) is 4.29. The maximum atomic E-state index is 5.59. The largest absolute Gasteiger partial charge is 0.369 e. The summed E-state index contributed by atoms with van der Waals surface area (Å²) in [5.74, 6) is 0. The minimum atomic E-state index is 0.629. The van der Waals surface area contributed by atoms with Gasteiger partial charge in [-0.1, -0.05) is 19.1 Å². The summed E-state index contributed by atoms with van der Waals surface area (Å²) < 4.78 is 0. The van der Waals surface area contributed by atoms with E-state index in [1.807, 2.05) is 0 Å². The van der Waals surface area contributed by atoms with E-state index in [1.54, 1.807) is 0 Å². The number of likely N-dealkylation sites (N-methyl/N-ethyl adjacent to an activating group) is 1. The third-order valence-electron chi connectivity index (χ3n) is 3.36. The number of rotatable bonds is 3. The van der Waals surface area contributed by atoms with Crippen LogP contribution in [-0.4, -0.2) is 37.6 Å². The van der Waals surface area contributed by atoms with Crippen LogP contribution in [0.1, 0.15) is 12.5 Å². The fourth-order valence-electron chi connectivity index (χ4n) is 2.17. The van der Waals surface area contributed by atoms with Crippen molar-refractivity contribution in [3.63, 3.8) is 0 Å². The third kappa shape index (κ3) is 2.54. The lowest BCUT2D eigenvalue weighted by molar-refractivity contribution is 0.271. The van der Waals surface area contributed by atoms with Crippen molar-refractivity contribution in [3.05, 3.63) is 29.8 Å². The molecule has 0 bridgehead atoms. The van der Waals surface area contributed by atoms with Gasteiger partial charge in [-0.05, 0) is 24.2 Å². The topological polar surface area (TPSA) is 32.5 Å². The zero-order valence-corrected chi connectivity index (χ0v) is 10.0. The molecule has 0 aliphatic carbocycles. The van der Waals surface area contributed by atoms with E-state index in [2.05, 4.69) is 41.0 Å². The Balaban J connectivity index is 1.97. The van der Waals surface area contributed by atoms with E-state index in [9.17, 15) is 0 Å². The number of benzene rings is 1. The molecule has 0 spiro atoms. The second kappa shape index (κ2) is 5.32. The van der Waals surface area contributed by atoms with Gasteiger partial charge in [-0.25, -0.2) is 0 Å². The Morgan fingerprint density at radius 3 is 2.19 bits per heavy atom. The van der Waals surface area contributed by atoms with Gasteiger partial charge in [0, 0.05) is 38.4 Å². The summed E-state index contributed by atoms with van der Waals surface area (Å²) in [7, 11) is 0. The van der Waals surface area contributed by atoms with Crippen molar-refractivity contribution in [3.8, 4) is 0 Å². The highest BCUT2D eigenvalue weighted by Crippen LogP contribution is 2.17. The average Bonchev–Trinajstić information content (AvgIpc) is 2.39. The summed E-state index contributed by atoms with van der Waals surface area (Å²) in [5.41, 5.74) is 8.13. The van der Waals surface area contributed by atoms with Crippen LogP contribution >= 0.6 is 0 Å². The van der Waals surface area contributed by atoms with E-state index < -0.39 is 0 Å². The fourth-order valence-corrected chi connectivity index (χ4v) is 2.17. The van der Waals surface area contributed by atoms with Crippen molar-refractivity contribution >= 4 is 5.69 Å². The predicted molar refractivity (Wildman–Crippen MR) is 68.7 cm³/mol. The Hall–Kier alpha value is -1.06. The first-order chi connectivity index (χ1) is 7.83. The van der Waals surface area contributed by atoms with Gasteiger partial charge in [-0.3, -0.25) is 0 Å². The van der Waals surface area contributed by atoms with Crippen LogP contribution in [-0.2, 0) is 6.54 Å². The number of nitrogens with zero attached hydrogens (tertiary/aromatic N) is 2. The van der Waals surface area contributed by atoms with Gasteiger partial charge < -0.3 is 15.5 Å². The third-order valence-corrected chi connectivity index (χ3v) is 3.36. The maximum absolute atomic E-state index is 5.59. The van der Waals surface area contributed by atoms with E-state index in [0.29, 0.717) is 6.54 Å². The number of hydrogen-bond acceptors (Lipinski definition) is 3. The van der Waals surface area contributed by atoms with Gasteiger partial charge in [0.1, 0.15) is 0 Å². The summed E-state index contributed by atoms with van der Waals surface area (Å²) in [4.78, 5) is 4.94. The lowest BCUT2D eigenvalue weighted by atomic mass is 10.2. The molecule has 0 radical (unpaired) electrons. The van der Waals surface area contributed by atoms with Gasteiger partial charge >= 0.3 is 0 Å². The molecule has 2 N–H and O–H groups in total. The predicted octanol–water partition coefficient (Wildman–Crippen LogP) is 1.29. The van der Waals surface area contributed by atoms with Crippen LogP contribution in [0.5, 0.6) is 0 Å². The van der Waals surface area contributed by atoms with Crippen molar-refractivity contribution in [1.29, 1.82) is 0 Å². The molecule has 0 amide bonds. The summed E-state index contributed by atoms with van der Waals surface area (Å²) in [6, 6.07) is 8.62. The van der Waals surface area contributed by atoms with Crippen LogP contribution in [0, 0.1) is 0 Å². The summed E-state index contributed by atoms with van der Waals surface area (Å²) >= 11 is 0. The van der Waals surface area contributed by atoms with Gasteiger partial charge in [0.25, 0.3) is 0 Å². The molecule has 0 atom stereocenters. The van der Waals surface area contributed by atoms with Crippen molar-refractivity contribution in [2.45, 2.75) is 13.5 Å². The van der Waals surface area contributed by atoms with Crippen molar-refractivity contribution < 1.29 is 0 Å². The van der Waals surface area contributed by atoms with Crippen LogP contribution in [0.15, 0.2) is 24.3 Å². The van der Waals surface area contributed by atoms with Crippen LogP contribution < -0.4 is 10.6 Å². The minimum Gasteiger partial charge on any atom is -0.369 e. The Morgan fingerprint density at radius 2 is 1.69 bits per heavy atom. The van der Waals surface area contributed by atoms with Crippen molar-refractivity contribution in [2.24, 2.45) is 5.73 Å². The van der Waals surface area contributed by atoms with Gasteiger partial charge in [-0.2, -0.15) is 0 Å². The smallest absolute Gasteiger partial charge is 0.0367 e. The molecule has 1 aliphatic heterocycles. The summed E-state index contributed by atoms with van der Waals surface area (Å²) in [6.45, 7) is 8.64. The number of hydrogen-bond donors (Lipinski definition) is 1. The SMILES string of the molecule is CCN1CCN(c2ccc(CN)cc2)CC1. The Bertz CT molecular complexity index is 312. The highest BCUT2D eigenvalue weighted by Gasteiger charge is 2.15. The van der Waals surface area contributed by atoms with Gasteiger partial charge in [0.2, 0.25) is 0 Å². The molecule has 1 aliphatic rings. The lowest BCUT2D eigenvalue weighted by Gasteiger charge is -2.35. The van der Waals surface area contributed by atoms with Crippen molar-refractivity contribution in [1.82, 2.24) is 4.90 Å². The molecule has 3 heteroatoms. The van der Waals surface area contributed by atoms with Crippen LogP contribution in [0.25, 0.3) is 0 Å². The fraction of sp³-hybridized carbons (Fsp3) is 0.538. The first-order valence-corrected chi connectivity index (χ1v) is 6.10. The highest BCUT2D eigenvalue weighted by atomic mass is 15.3. The van der Waals surface area contributed by atoms with Crippen LogP contribution in [0.2, 0.25) is 0 Å². The zero-order valence-electron chi connectivity index (χ0n) is 10.0. The molecule has 1 saturated heterocycles. The monoisotopic (exact) mass is 219 g/mol. The van der Waals surface area contributed by atoms with Crippen LogP contribution in [0.4, 0.5) is 5.69 Å². The first-order valence-electron chi connectivity index (χ1n) is 6.10. The molecule has 3 nitrogen and oxygen atoms in total. The Labute approximate surface area is 97.8 Å². The molecule has 1 aromatic carbocycles. The molecule has 1 heterocycles. The number of nitrogens with two attached hydrogens (primary N) is 1. The molecule has 16 heavy (non-hydrogen) atoms. The second-order valence-electron chi connectivity index (χ2n) is 4.29. The van der Waals surface area contributed by atoms with E-state index in [4.69, 9.17) is 5.73 Å². The Kier molecular flexibility index (Phi) is 3.80. The zero-order chi connectivity index (χ0) is 11.4.